The highest BCUT2D eigenvalue weighted by Crippen LogP contribution is 2.30. The van der Waals surface area contributed by atoms with E-state index in [9.17, 15) is 62.2 Å². The Bertz CT molecular complexity index is 1640. The second-order valence-corrected chi connectivity index (χ2v) is 14.2. The molecule has 0 radical (unpaired) electrons. The smallest absolute Gasteiger partial charge is 0.335 e. The monoisotopic (exact) mass is 759 g/mol. The van der Waals surface area contributed by atoms with E-state index >= 15 is 0 Å². The number of carbonyl (C=O) groups is 6. The van der Waals surface area contributed by atoms with Gasteiger partial charge in [0.25, 0.3) is 21.9 Å². The third kappa shape index (κ3) is 12.0. The Morgan fingerprint density at radius 3 is 2.27 bits per heavy atom. The van der Waals surface area contributed by atoms with Gasteiger partial charge >= 0.3 is 11.9 Å². The lowest BCUT2D eigenvalue weighted by atomic mass is 9.97. The van der Waals surface area contributed by atoms with Gasteiger partial charge in [-0.3, -0.25) is 33.4 Å². The van der Waals surface area contributed by atoms with Gasteiger partial charge in [-0.05, 0) is 39.3 Å². The molecule has 1 fully saturated rings. The maximum atomic E-state index is 12.8. The lowest BCUT2D eigenvalue weighted by molar-refractivity contribution is -0.271. The minimum absolute atomic E-state index is 0.0514. The molecule has 6 atom stereocenters. The quantitative estimate of drug-likeness (QED) is 0.0377. The Morgan fingerprint density at radius 2 is 1.67 bits per heavy atom. The van der Waals surface area contributed by atoms with Crippen molar-refractivity contribution in [2.24, 2.45) is 5.41 Å². The molecule has 1 saturated heterocycles. The van der Waals surface area contributed by atoms with Crippen LogP contribution in [0.3, 0.4) is 0 Å². The highest BCUT2D eigenvalue weighted by Gasteiger charge is 2.48. The van der Waals surface area contributed by atoms with Gasteiger partial charge in [0.2, 0.25) is 18.1 Å². The van der Waals surface area contributed by atoms with Crippen LogP contribution in [0.15, 0.2) is 30.4 Å². The van der Waals surface area contributed by atoms with E-state index in [1.54, 1.807) is 20.8 Å². The first-order valence-corrected chi connectivity index (χ1v) is 17.4. The molecule has 2 heterocycles. The first kappa shape index (κ1) is 41.7. The van der Waals surface area contributed by atoms with Gasteiger partial charge in [0.05, 0.1) is 12.0 Å². The molecule has 2 aliphatic heterocycles. The minimum atomic E-state index is -4.75. The molecule has 7 N–H and O–H groups in total. The number of ether oxygens (including phenoxy) is 4. The van der Waals surface area contributed by atoms with E-state index < -0.39 is 100 Å². The molecular formula is C31H41N3O17S. The topological polar surface area (TPSA) is 302 Å². The Balaban J connectivity index is 1.64. The summed E-state index contributed by atoms with van der Waals surface area (Å²) in [5, 5.41) is 44.2. The van der Waals surface area contributed by atoms with Gasteiger partial charge in [0, 0.05) is 43.3 Å². The van der Waals surface area contributed by atoms with Gasteiger partial charge in [0.15, 0.2) is 6.10 Å². The van der Waals surface area contributed by atoms with Gasteiger partial charge in [-0.15, -0.1) is 0 Å². The first-order chi connectivity index (χ1) is 24.2. The molecule has 0 aliphatic carbocycles. The van der Waals surface area contributed by atoms with Crippen molar-refractivity contribution in [1.29, 1.82) is 0 Å². The van der Waals surface area contributed by atoms with Crippen LogP contribution in [-0.2, 0) is 55.0 Å². The second-order valence-electron chi connectivity index (χ2n) is 12.7. The summed E-state index contributed by atoms with van der Waals surface area (Å²) in [5.74, 6) is -6.44. The normalized spacial score (nSPS) is 22.4. The van der Waals surface area contributed by atoms with Crippen LogP contribution in [-0.4, -0.2) is 136 Å². The number of aliphatic carboxylic acids is 1. The molecule has 288 valence electrons. The number of nitrogens with zero attached hydrogens (tertiary/aromatic N) is 1. The molecule has 1 unspecified atom stereocenters. The summed E-state index contributed by atoms with van der Waals surface area (Å²) in [6.45, 7) is 4.08. The van der Waals surface area contributed by atoms with Crippen molar-refractivity contribution >= 4 is 45.7 Å². The highest BCUT2D eigenvalue weighted by molar-refractivity contribution is 7.85. The highest BCUT2D eigenvalue weighted by atomic mass is 32.2. The molecule has 0 spiro atoms. The number of esters is 1. The van der Waals surface area contributed by atoms with E-state index in [4.69, 9.17) is 18.9 Å². The summed E-state index contributed by atoms with van der Waals surface area (Å²) in [5.41, 5.74) is -0.499. The zero-order chi connectivity index (χ0) is 39.0. The number of hydrogen-bond donors (Lipinski definition) is 7. The van der Waals surface area contributed by atoms with Gasteiger partial charge in [-0.1, -0.05) is 0 Å². The number of aliphatic hydroxyl groups is 3. The van der Waals surface area contributed by atoms with Crippen LogP contribution in [0.1, 0.15) is 39.2 Å². The fraction of sp³-hybridized carbons (Fsp3) is 0.548. The van der Waals surface area contributed by atoms with E-state index in [-0.39, 0.29) is 44.2 Å². The molecule has 52 heavy (non-hydrogen) atoms. The average Bonchev–Trinajstić information content (AvgIpc) is 3.37. The summed E-state index contributed by atoms with van der Waals surface area (Å²) < 4.78 is 54.3. The number of carboxylic acid groups (broad SMARTS) is 1. The van der Waals surface area contributed by atoms with Crippen molar-refractivity contribution in [1.82, 2.24) is 15.5 Å². The van der Waals surface area contributed by atoms with Gasteiger partial charge in [-0.2, -0.15) is 8.42 Å². The molecule has 4 amide bonds. The molecule has 20 nitrogen and oxygen atoms in total. The Labute approximate surface area is 297 Å². The van der Waals surface area contributed by atoms with Crippen molar-refractivity contribution in [3.63, 3.8) is 0 Å². The summed E-state index contributed by atoms with van der Waals surface area (Å²) in [6.07, 6.45) is -7.71. The first-order valence-electron chi connectivity index (χ1n) is 15.8. The molecule has 21 heteroatoms. The Hall–Kier alpha value is -4.67. The predicted octanol–water partition coefficient (Wildman–Crippen LogP) is -2.38. The van der Waals surface area contributed by atoms with E-state index in [1.807, 2.05) is 0 Å². The van der Waals surface area contributed by atoms with Crippen LogP contribution in [0.5, 0.6) is 11.5 Å². The van der Waals surface area contributed by atoms with Crippen LogP contribution < -0.4 is 20.1 Å². The largest absolute Gasteiger partial charge is 0.493 e. The zero-order valence-electron chi connectivity index (χ0n) is 28.3. The van der Waals surface area contributed by atoms with Crippen LogP contribution in [0.2, 0.25) is 0 Å². The fourth-order valence-electron chi connectivity index (χ4n) is 4.62. The van der Waals surface area contributed by atoms with Crippen LogP contribution in [0, 0.1) is 5.41 Å². The van der Waals surface area contributed by atoms with Gasteiger partial charge in [0.1, 0.15) is 48.2 Å². The van der Waals surface area contributed by atoms with Gasteiger partial charge < -0.3 is 50.0 Å². The van der Waals surface area contributed by atoms with Crippen LogP contribution >= 0.6 is 0 Å². The SMILES string of the molecule is CC(C)(C)C(=O)OCc1ccc(O[C@@H]2O[C@H](C(=O)O)[C@@H](O)[C@H](O)[C@H]2O)cc1OCCCNC(=O)C(CS(=O)(=O)O)NC(=O)CCN1C(=O)C=CC1=O. The number of nitrogens with one attached hydrogen (secondary N) is 2. The van der Waals surface area contributed by atoms with E-state index in [1.165, 1.54) is 18.2 Å². The summed E-state index contributed by atoms with van der Waals surface area (Å²) in [7, 11) is -4.75. The Morgan fingerprint density at radius 1 is 1.02 bits per heavy atom. The van der Waals surface area contributed by atoms with Crippen molar-refractivity contribution < 1.29 is 81.1 Å². The van der Waals surface area contributed by atoms with Crippen molar-refractivity contribution in [3.8, 4) is 11.5 Å². The number of rotatable bonds is 17. The molecular weight excluding hydrogens is 718 g/mol. The summed E-state index contributed by atoms with van der Waals surface area (Å²) >= 11 is 0. The second kappa shape index (κ2) is 17.7. The Kier molecular flexibility index (Phi) is 14.2. The van der Waals surface area contributed by atoms with Crippen molar-refractivity contribution in [2.75, 3.05) is 25.4 Å². The number of imide groups is 1. The standard InChI is InChI=1S/C31H41N3O17S/c1-31(2,3)30(44)49-14-16-5-6-17(50-29-25(40)23(38)24(39)26(51-29)28(42)43)13-19(16)48-12-4-10-32-27(41)18(15-52(45,46)47)33-20(35)9-11-34-21(36)7-8-22(34)37/h5-8,13,18,23-26,29,38-40H,4,9-12,14-15H2,1-3H3,(H,32,41)(H,33,35)(H,42,43)(H,45,46,47)/t18?,23-,24-,25+,26-,29+/m0/s1. The fourth-order valence-corrected chi connectivity index (χ4v) is 5.27. The summed E-state index contributed by atoms with van der Waals surface area (Å²) in [4.78, 5) is 73.1. The lowest BCUT2D eigenvalue weighted by Crippen LogP contribution is -2.61. The van der Waals surface area contributed by atoms with Crippen molar-refractivity contribution in [2.45, 2.75) is 77.0 Å². The number of hydrogen-bond acceptors (Lipinski definition) is 15. The summed E-state index contributed by atoms with van der Waals surface area (Å²) in [6, 6.07) is 2.35. The van der Waals surface area contributed by atoms with Crippen LogP contribution in [0.25, 0.3) is 0 Å². The van der Waals surface area contributed by atoms with E-state index in [0.29, 0.717) is 5.56 Å². The van der Waals surface area contributed by atoms with E-state index in [0.717, 1.165) is 17.1 Å². The molecule has 0 bridgehead atoms. The molecule has 1 aromatic carbocycles. The van der Waals surface area contributed by atoms with E-state index in [2.05, 4.69) is 10.6 Å². The molecule has 0 saturated carbocycles. The maximum Gasteiger partial charge on any atom is 0.335 e. The predicted molar refractivity (Wildman–Crippen MR) is 173 cm³/mol. The number of aliphatic hydroxyl groups excluding tert-OH is 3. The van der Waals surface area contributed by atoms with Gasteiger partial charge in [-0.25, -0.2) is 4.79 Å². The molecule has 0 aromatic heterocycles. The molecule has 3 rings (SSSR count). The average molecular weight is 760 g/mol. The van der Waals surface area contributed by atoms with Crippen molar-refractivity contribution in [3.05, 3.63) is 35.9 Å². The molecule has 2 aliphatic rings. The molecule has 1 aromatic rings. The van der Waals surface area contributed by atoms with Crippen LogP contribution in [0.4, 0.5) is 0 Å². The number of benzene rings is 1. The number of amides is 4. The number of carboxylic acids is 1. The lowest BCUT2D eigenvalue weighted by Gasteiger charge is -2.38. The zero-order valence-corrected chi connectivity index (χ0v) is 29.1. The minimum Gasteiger partial charge on any atom is -0.493 e. The third-order valence-corrected chi connectivity index (χ3v) is 8.20. The third-order valence-electron chi connectivity index (χ3n) is 7.44. The number of carbonyl (C=O) groups excluding carboxylic acids is 5. The maximum absolute atomic E-state index is 12.8.